The van der Waals surface area contributed by atoms with Crippen LogP contribution in [-0.4, -0.2) is 9.13 Å². The Bertz CT molecular complexity index is 2630. The SMILES string of the molecule is N#Cc1ccc2c(c1)c1cc(C#N)ccc1n2-c1cccc(-n2c3ccccc3c3c4c(ccc32)sc2ccccc24)c1. The van der Waals surface area contributed by atoms with Gasteiger partial charge in [0.2, 0.25) is 0 Å². The Morgan fingerprint density at radius 3 is 1.72 bits per heavy atom. The first-order valence-corrected chi connectivity index (χ1v) is 14.9. The summed E-state index contributed by atoms with van der Waals surface area (Å²) in [4.78, 5) is 0. The van der Waals surface area contributed by atoms with Crippen LogP contribution in [0.15, 0.2) is 121 Å². The molecule has 0 aliphatic heterocycles. The van der Waals surface area contributed by atoms with Crippen LogP contribution in [0.1, 0.15) is 11.1 Å². The van der Waals surface area contributed by atoms with E-state index in [-0.39, 0.29) is 0 Å². The number of hydrogen-bond donors (Lipinski definition) is 0. The van der Waals surface area contributed by atoms with E-state index < -0.39 is 0 Å². The molecule has 3 aromatic heterocycles. The zero-order valence-corrected chi connectivity index (χ0v) is 23.6. The zero-order valence-electron chi connectivity index (χ0n) is 22.7. The van der Waals surface area contributed by atoms with E-state index in [9.17, 15) is 10.5 Å². The predicted octanol–water partition coefficient (Wildman–Crippen LogP) is 9.99. The van der Waals surface area contributed by atoms with Crippen molar-refractivity contribution < 1.29 is 0 Å². The van der Waals surface area contributed by atoms with Crippen molar-refractivity contribution in [3.05, 3.63) is 132 Å². The fourth-order valence-corrected chi connectivity index (χ4v) is 7.88. The van der Waals surface area contributed by atoms with Crippen molar-refractivity contribution in [3.8, 4) is 23.5 Å². The molecule has 3 heterocycles. The van der Waals surface area contributed by atoms with Gasteiger partial charge >= 0.3 is 0 Å². The van der Waals surface area contributed by atoms with E-state index in [0.29, 0.717) is 11.1 Å². The van der Waals surface area contributed by atoms with Gasteiger partial charge < -0.3 is 9.13 Å². The normalized spacial score (nSPS) is 11.7. The highest BCUT2D eigenvalue weighted by atomic mass is 32.1. The predicted molar refractivity (Wildman–Crippen MR) is 177 cm³/mol. The van der Waals surface area contributed by atoms with Gasteiger partial charge in [0, 0.05) is 53.1 Å². The van der Waals surface area contributed by atoms with Crippen molar-refractivity contribution in [2.45, 2.75) is 0 Å². The molecular weight excluding hydrogens is 545 g/mol. The van der Waals surface area contributed by atoms with Gasteiger partial charge in [-0.3, -0.25) is 0 Å². The first-order valence-electron chi connectivity index (χ1n) is 14.1. The van der Waals surface area contributed by atoms with Crippen molar-refractivity contribution >= 4 is 75.1 Å². The van der Waals surface area contributed by atoms with E-state index in [1.807, 2.05) is 47.7 Å². The summed E-state index contributed by atoms with van der Waals surface area (Å²) >= 11 is 1.85. The van der Waals surface area contributed by atoms with Crippen molar-refractivity contribution in [1.29, 1.82) is 10.5 Å². The lowest BCUT2D eigenvalue weighted by molar-refractivity contribution is 1.13. The number of nitrogens with zero attached hydrogens (tertiary/aromatic N) is 4. The minimum atomic E-state index is 0.597. The second-order valence-electron chi connectivity index (χ2n) is 10.8. The summed E-state index contributed by atoms with van der Waals surface area (Å²) in [7, 11) is 0. The average molecular weight is 565 g/mol. The summed E-state index contributed by atoms with van der Waals surface area (Å²) in [6, 6.07) is 46.6. The third-order valence-electron chi connectivity index (χ3n) is 8.55. The number of fused-ring (bicyclic) bond motifs is 10. The van der Waals surface area contributed by atoms with Crippen molar-refractivity contribution in [2.24, 2.45) is 0 Å². The second-order valence-corrected chi connectivity index (χ2v) is 11.9. The molecular formula is C38H20N4S. The van der Waals surface area contributed by atoms with E-state index in [0.717, 1.165) is 38.7 Å². The minimum Gasteiger partial charge on any atom is -0.309 e. The Kier molecular flexibility index (Phi) is 4.87. The monoisotopic (exact) mass is 564 g/mol. The molecule has 6 aromatic carbocycles. The summed E-state index contributed by atoms with van der Waals surface area (Å²) in [6.07, 6.45) is 0. The van der Waals surface area contributed by atoms with Crippen molar-refractivity contribution in [1.82, 2.24) is 9.13 Å². The lowest BCUT2D eigenvalue weighted by Crippen LogP contribution is -1.98. The molecule has 9 rings (SSSR count). The molecule has 0 aliphatic carbocycles. The third-order valence-corrected chi connectivity index (χ3v) is 9.68. The molecule has 4 nitrogen and oxygen atoms in total. The maximum atomic E-state index is 9.61. The summed E-state index contributed by atoms with van der Waals surface area (Å²) in [5, 5.41) is 26.3. The van der Waals surface area contributed by atoms with Gasteiger partial charge in [0.1, 0.15) is 0 Å². The van der Waals surface area contributed by atoms with E-state index in [2.05, 4.69) is 106 Å². The minimum absolute atomic E-state index is 0.597. The van der Waals surface area contributed by atoms with Crippen molar-refractivity contribution in [2.75, 3.05) is 0 Å². The Morgan fingerprint density at radius 1 is 0.442 bits per heavy atom. The highest BCUT2D eigenvalue weighted by Gasteiger charge is 2.19. The molecule has 0 unspecified atom stereocenters. The van der Waals surface area contributed by atoms with E-state index in [4.69, 9.17) is 0 Å². The zero-order chi connectivity index (χ0) is 28.7. The van der Waals surface area contributed by atoms with Gasteiger partial charge in [-0.15, -0.1) is 11.3 Å². The molecule has 0 N–H and O–H groups in total. The van der Waals surface area contributed by atoms with Gasteiger partial charge in [-0.05, 0) is 78.9 Å². The van der Waals surface area contributed by atoms with Crippen LogP contribution in [0.2, 0.25) is 0 Å². The average Bonchev–Trinajstić information content (AvgIpc) is 3.71. The van der Waals surface area contributed by atoms with Crippen LogP contribution in [0.4, 0.5) is 0 Å². The number of benzene rings is 6. The Hall–Kier alpha value is -5.88. The van der Waals surface area contributed by atoms with Gasteiger partial charge in [-0.2, -0.15) is 10.5 Å². The molecule has 198 valence electrons. The van der Waals surface area contributed by atoms with Crippen LogP contribution < -0.4 is 0 Å². The molecule has 43 heavy (non-hydrogen) atoms. The van der Waals surface area contributed by atoms with Crippen molar-refractivity contribution in [3.63, 3.8) is 0 Å². The van der Waals surface area contributed by atoms with Gasteiger partial charge in [0.15, 0.2) is 0 Å². The topological polar surface area (TPSA) is 57.4 Å². The maximum Gasteiger partial charge on any atom is 0.0991 e. The quantitative estimate of drug-likeness (QED) is 0.210. The molecule has 0 saturated carbocycles. The lowest BCUT2D eigenvalue weighted by Gasteiger charge is -2.13. The number of thiophene rings is 1. The highest BCUT2D eigenvalue weighted by Crippen LogP contribution is 2.43. The number of aromatic nitrogens is 2. The molecule has 0 fully saturated rings. The highest BCUT2D eigenvalue weighted by molar-refractivity contribution is 7.26. The van der Waals surface area contributed by atoms with Crippen LogP contribution in [0.5, 0.6) is 0 Å². The molecule has 9 aromatic rings. The van der Waals surface area contributed by atoms with Gasteiger partial charge in [0.25, 0.3) is 0 Å². The Balaban J connectivity index is 1.36. The van der Waals surface area contributed by atoms with E-state index >= 15 is 0 Å². The standard InChI is InChI=1S/C38H20N4S/c39-21-23-12-14-32-29(18-23)30-19-24(22-40)13-15-33(30)41(32)25-6-5-7-26(20-25)42-31-10-3-1-8-27(31)37-34(42)16-17-36-38(37)28-9-2-4-11-35(28)43-36/h1-20H. The Morgan fingerprint density at radius 2 is 1.02 bits per heavy atom. The molecule has 0 amide bonds. The van der Waals surface area contributed by atoms with Crippen LogP contribution in [0.3, 0.4) is 0 Å². The lowest BCUT2D eigenvalue weighted by atomic mass is 10.1. The smallest absolute Gasteiger partial charge is 0.0991 e. The summed E-state index contributed by atoms with van der Waals surface area (Å²) in [6.45, 7) is 0. The molecule has 0 saturated heterocycles. The summed E-state index contributed by atoms with van der Waals surface area (Å²) in [5.74, 6) is 0. The summed E-state index contributed by atoms with van der Waals surface area (Å²) < 4.78 is 7.20. The van der Waals surface area contributed by atoms with Crippen LogP contribution in [0.25, 0.3) is 75.2 Å². The number of nitriles is 2. The van der Waals surface area contributed by atoms with Gasteiger partial charge in [-0.1, -0.05) is 42.5 Å². The van der Waals surface area contributed by atoms with Crippen LogP contribution in [0, 0.1) is 22.7 Å². The largest absolute Gasteiger partial charge is 0.309 e. The molecule has 0 atom stereocenters. The molecule has 5 heteroatoms. The van der Waals surface area contributed by atoms with E-state index in [1.165, 1.54) is 36.5 Å². The molecule has 0 spiro atoms. The number of para-hydroxylation sites is 1. The van der Waals surface area contributed by atoms with Crippen LogP contribution >= 0.6 is 11.3 Å². The van der Waals surface area contributed by atoms with E-state index in [1.54, 1.807) is 0 Å². The first-order chi connectivity index (χ1) is 21.2. The van der Waals surface area contributed by atoms with Crippen LogP contribution in [-0.2, 0) is 0 Å². The molecule has 0 radical (unpaired) electrons. The fourth-order valence-electron chi connectivity index (χ4n) is 6.76. The third kappa shape index (κ3) is 3.29. The Labute approximate surface area is 250 Å². The van der Waals surface area contributed by atoms with Gasteiger partial charge in [0.05, 0.1) is 45.3 Å². The molecule has 0 bridgehead atoms. The fraction of sp³-hybridized carbons (Fsp3) is 0. The van der Waals surface area contributed by atoms with Gasteiger partial charge in [-0.25, -0.2) is 0 Å². The molecule has 0 aliphatic rings. The number of rotatable bonds is 2. The summed E-state index contributed by atoms with van der Waals surface area (Å²) in [5.41, 5.74) is 7.61. The maximum absolute atomic E-state index is 9.61. The second kappa shape index (κ2) is 8.81. The first kappa shape index (κ1) is 23.8. The number of hydrogen-bond acceptors (Lipinski definition) is 3.